The first-order chi connectivity index (χ1) is 10.7. The second kappa shape index (κ2) is 6.53. The number of ether oxygens (including phenoxy) is 1. The molecule has 1 heterocycles. The van der Waals surface area contributed by atoms with Gasteiger partial charge in [-0.15, -0.1) is 0 Å². The summed E-state index contributed by atoms with van der Waals surface area (Å²) in [7, 11) is 1.72. The summed E-state index contributed by atoms with van der Waals surface area (Å²) in [6.45, 7) is 6.62. The number of methoxy groups -OCH3 is 1. The van der Waals surface area contributed by atoms with E-state index in [0.29, 0.717) is 6.04 Å². The Bertz CT molecular complexity index is 633. The number of hydrogen-bond acceptors (Lipinski definition) is 2. The lowest BCUT2D eigenvalue weighted by Gasteiger charge is -2.26. The molecule has 1 fully saturated rings. The summed E-state index contributed by atoms with van der Waals surface area (Å²) < 4.78 is 5.27. The predicted octanol–water partition coefficient (Wildman–Crippen LogP) is 4.65. The van der Waals surface area contributed by atoms with Gasteiger partial charge in [-0.05, 0) is 62.1 Å². The summed E-state index contributed by atoms with van der Waals surface area (Å²) in [5.41, 5.74) is 5.61. The maximum Gasteiger partial charge on any atom is 0.118 e. The van der Waals surface area contributed by atoms with Crippen molar-refractivity contribution in [1.82, 2.24) is 4.90 Å². The van der Waals surface area contributed by atoms with E-state index in [4.69, 9.17) is 4.74 Å². The third-order valence-electron chi connectivity index (χ3n) is 4.74. The van der Waals surface area contributed by atoms with Crippen molar-refractivity contribution < 1.29 is 4.74 Å². The Morgan fingerprint density at radius 2 is 1.86 bits per heavy atom. The zero-order valence-corrected chi connectivity index (χ0v) is 13.8. The summed E-state index contributed by atoms with van der Waals surface area (Å²) >= 11 is 0. The van der Waals surface area contributed by atoms with Crippen molar-refractivity contribution in [3.05, 3.63) is 64.7 Å². The normalized spacial score (nSPS) is 18.6. The predicted molar refractivity (Wildman–Crippen MR) is 91.3 cm³/mol. The molecule has 1 aliphatic rings. The molecule has 0 spiro atoms. The van der Waals surface area contributed by atoms with Gasteiger partial charge in [0.05, 0.1) is 7.11 Å². The maximum atomic E-state index is 5.27. The Balaban J connectivity index is 1.79. The Kier molecular flexibility index (Phi) is 4.49. The lowest BCUT2D eigenvalue weighted by molar-refractivity contribution is 0.248. The molecule has 1 aliphatic heterocycles. The van der Waals surface area contributed by atoms with Crippen molar-refractivity contribution in [3.8, 4) is 5.75 Å². The monoisotopic (exact) mass is 295 g/mol. The fourth-order valence-corrected chi connectivity index (χ4v) is 3.41. The molecule has 0 unspecified atom stereocenters. The molecular formula is C20H25NO. The van der Waals surface area contributed by atoms with Crippen molar-refractivity contribution in [1.29, 1.82) is 0 Å². The summed E-state index contributed by atoms with van der Waals surface area (Å²) in [6.07, 6.45) is 2.53. The lowest BCUT2D eigenvalue weighted by atomic mass is 10.0. The van der Waals surface area contributed by atoms with Crippen molar-refractivity contribution in [3.63, 3.8) is 0 Å². The highest BCUT2D eigenvalue weighted by Crippen LogP contribution is 2.34. The summed E-state index contributed by atoms with van der Waals surface area (Å²) in [6, 6.07) is 15.9. The highest BCUT2D eigenvalue weighted by atomic mass is 16.5. The molecule has 2 nitrogen and oxygen atoms in total. The van der Waals surface area contributed by atoms with Gasteiger partial charge in [0.1, 0.15) is 5.75 Å². The van der Waals surface area contributed by atoms with Gasteiger partial charge in [-0.25, -0.2) is 0 Å². The zero-order valence-electron chi connectivity index (χ0n) is 13.8. The highest BCUT2D eigenvalue weighted by molar-refractivity contribution is 5.32. The molecule has 1 saturated heterocycles. The highest BCUT2D eigenvalue weighted by Gasteiger charge is 2.26. The molecule has 2 aromatic rings. The van der Waals surface area contributed by atoms with Crippen LogP contribution in [0.4, 0.5) is 0 Å². The van der Waals surface area contributed by atoms with Gasteiger partial charge in [0, 0.05) is 12.6 Å². The maximum absolute atomic E-state index is 5.27. The fraction of sp³-hybridized carbons (Fsp3) is 0.400. The minimum atomic E-state index is 0.533. The van der Waals surface area contributed by atoms with Crippen molar-refractivity contribution in [2.24, 2.45) is 0 Å². The average Bonchev–Trinajstić information content (AvgIpc) is 2.99. The molecule has 2 heteroatoms. The van der Waals surface area contributed by atoms with Gasteiger partial charge in [-0.2, -0.15) is 0 Å². The third-order valence-corrected chi connectivity index (χ3v) is 4.74. The molecule has 0 amide bonds. The molecule has 1 atom stereocenters. The SMILES string of the molecule is COc1ccc([C@H]2CCCN2Cc2cc(C)ccc2C)cc1. The van der Waals surface area contributed by atoms with Crippen molar-refractivity contribution in [2.75, 3.05) is 13.7 Å². The molecule has 0 saturated carbocycles. The van der Waals surface area contributed by atoms with Crippen LogP contribution in [0.25, 0.3) is 0 Å². The molecule has 3 rings (SSSR count). The van der Waals surface area contributed by atoms with Gasteiger partial charge in [-0.1, -0.05) is 35.9 Å². The van der Waals surface area contributed by atoms with E-state index in [2.05, 4.69) is 61.2 Å². The zero-order chi connectivity index (χ0) is 15.5. The van der Waals surface area contributed by atoms with E-state index in [1.54, 1.807) is 7.11 Å². The third kappa shape index (κ3) is 3.17. The number of likely N-dealkylation sites (tertiary alicyclic amines) is 1. The van der Waals surface area contributed by atoms with Crippen LogP contribution in [0.1, 0.15) is 41.1 Å². The molecule has 22 heavy (non-hydrogen) atoms. The number of rotatable bonds is 4. The quantitative estimate of drug-likeness (QED) is 0.814. The lowest BCUT2D eigenvalue weighted by Crippen LogP contribution is -2.23. The van der Waals surface area contributed by atoms with Gasteiger partial charge in [-0.3, -0.25) is 4.90 Å². The minimum absolute atomic E-state index is 0.533. The van der Waals surface area contributed by atoms with Crippen LogP contribution in [0.15, 0.2) is 42.5 Å². The van der Waals surface area contributed by atoms with E-state index >= 15 is 0 Å². The number of hydrogen-bond donors (Lipinski definition) is 0. The first kappa shape index (κ1) is 15.1. The average molecular weight is 295 g/mol. The van der Waals surface area contributed by atoms with Gasteiger partial charge in [0.25, 0.3) is 0 Å². The van der Waals surface area contributed by atoms with Crippen LogP contribution in [0.2, 0.25) is 0 Å². The van der Waals surface area contributed by atoms with E-state index in [-0.39, 0.29) is 0 Å². The standard InChI is InChI=1S/C20H25NO/c1-15-6-7-16(2)18(13-15)14-21-12-4-5-20(21)17-8-10-19(22-3)11-9-17/h6-11,13,20H,4-5,12,14H2,1-3H3/t20-/m1/s1. The van der Waals surface area contributed by atoms with Gasteiger partial charge in [0.2, 0.25) is 0 Å². The first-order valence-electron chi connectivity index (χ1n) is 8.11. The van der Waals surface area contributed by atoms with Crippen LogP contribution in [-0.2, 0) is 6.54 Å². The van der Waals surface area contributed by atoms with Crippen LogP contribution in [0.3, 0.4) is 0 Å². The Morgan fingerprint density at radius 3 is 2.59 bits per heavy atom. The van der Waals surface area contributed by atoms with E-state index in [0.717, 1.165) is 12.3 Å². The minimum Gasteiger partial charge on any atom is -0.497 e. The van der Waals surface area contributed by atoms with Crippen LogP contribution in [0.5, 0.6) is 5.75 Å². The van der Waals surface area contributed by atoms with Gasteiger partial charge < -0.3 is 4.74 Å². The number of nitrogens with zero attached hydrogens (tertiary/aromatic N) is 1. The first-order valence-corrected chi connectivity index (χ1v) is 8.11. The van der Waals surface area contributed by atoms with Crippen LogP contribution < -0.4 is 4.74 Å². The van der Waals surface area contributed by atoms with Gasteiger partial charge >= 0.3 is 0 Å². The molecular weight excluding hydrogens is 270 g/mol. The Morgan fingerprint density at radius 1 is 1.09 bits per heavy atom. The Labute approximate surface area is 133 Å². The molecule has 0 aliphatic carbocycles. The van der Waals surface area contributed by atoms with E-state index in [1.165, 1.54) is 41.6 Å². The molecule has 0 N–H and O–H groups in total. The fourth-order valence-electron chi connectivity index (χ4n) is 3.41. The molecule has 0 aromatic heterocycles. The largest absolute Gasteiger partial charge is 0.497 e. The molecule has 116 valence electrons. The van der Waals surface area contributed by atoms with Crippen LogP contribution in [-0.4, -0.2) is 18.6 Å². The van der Waals surface area contributed by atoms with E-state index in [1.807, 2.05) is 0 Å². The van der Waals surface area contributed by atoms with Crippen LogP contribution >= 0.6 is 0 Å². The van der Waals surface area contributed by atoms with Crippen molar-refractivity contribution >= 4 is 0 Å². The number of benzene rings is 2. The molecule has 0 radical (unpaired) electrons. The van der Waals surface area contributed by atoms with E-state index in [9.17, 15) is 0 Å². The second-order valence-electron chi connectivity index (χ2n) is 6.33. The summed E-state index contributed by atoms with van der Waals surface area (Å²) in [5, 5.41) is 0. The number of aryl methyl sites for hydroxylation is 2. The molecule has 2 aromatic carbocycles. The topological polar surface area (TPSA) is 12.5 Å². The van der Waals surface area contributed by atoms with Gasteiger partial charge in [0.15, 0.2) is 0 Å². The van der Waals surface area contributed by atoms with E-state index < -0.39 is 0 Å². The summed E-state index contributed by atoms with van der Waals surface area (Å²) in [4.78, 5) is 2.61. The molecule has 0 bridgehead atoms. The smallest absolute Gasteiger partial charge is 0.118 e. The Hall–Kier alpha value is -1.80. The summed E-state index contributed by atoms with van der Waals surface area (Å²) in [5.74, 6) is 0.933. The van der Waals surface area contributed by atoms with Crippen LogP contribution in [0, 0.1) is 13.8 Å². The second-order valence-corrected chi connectivity index (χ2v) is 6.33. The van der Waals surface area contributed by atoms with Crippen molar-refractivity contribution in [2.45, 2.75) is 39.3 Å².